The Bertz CT molecular complexity index is 1150. The van der Waals surface area contributed by atoms with Crippen molar-refractivity contribution in [3.8, 4) is 0 Å². The summed E-state index contributed by atoms with van der Waals surface area (Å²) in [4.78, 5) is 15.6. The summed E-state index contributed by atoms with van der Waals surface area (Å²) in [7, 11) is 0. The van der Waals surface area contributed by atoms with Gasteiger partial charge in [0, 0.05) is 22.9 Å². The molecule has 1 aromatic carbocycles. The molecule has 2 aromatic rings. The molecule has 0 amide bonds. The number of rotatable bonds is 5. The van der Waals surface area contributed by atoms with Crippen LogP contribution < -0.4 is 5.32 Å². The lowest BCUT2D eigenvalue weighted by Gasteiger charge is -2.28. The molecular formula is C23H19F3N4O. The molecule has 0 saturated heterocycles. The molecule has 158 valence electrons. The Balaban J connectivity index is 1.90. The molecule has 2 aliphatic carbocycles. The highest BCUT2D eigenvalue weighted by atomic mass is 19.1. The first kappa shape index (κ1) is 20.7. The molecule has 8 heteroatoms. The quantitative estimate of drug-likeness (QED) is 0.541. The van der Waals surface area contributed by atoms with Crippen LogP contribution in [0.1, 0.15) is 42.0 Å². The third-order valence-electron chi connectivity index (χ3n) is 5.42. The number of hydrogen-bond acceptors (Lipinski definition) is 5. The maximum absolute atomic E-state index is 14.9. The van der Waals surface area contributed by atoms with Crippen LogP contribution in [0.15, 0.2) is 59.2 Å². The van der Waals surface area contributed by atoms with Gasteiger partial charge in [-0.25, -0.2) is 18.2 Å². The number of anilines is 1. The van der Waals surface area contributed by atoms with E-state index < -0.39 is 23.5 Å². The second-order valence-corrected chi connectivity index (χ2v) is 7.37. The summed E-state index contributed by atoms with van der Waals surface area (Å²) in [5, 5.41) is 14.3. The highest BCUT2D eigenvalue weighted by Gasteiger charge is 2.31. The molecule has 1 aromatic heterocycles. The molecular weight excluding hydrogens is 405 g/mol. The first-order valence-corrected chi connectivity index (χ1v) is 9.86. The lowest BCUT2D eigenvalue weighted by Crippen LogP contribution is -2.24. The second-order valence-electron chi connectivity index (χ2n) is 7.37. The molecule has 0 aliphatic heterocycles. The Hall–Kier alpha value is -3.55. The second kappa shape index (κ2) is 8.67. The zero-order valence-corrected chi connectivity index (χ0v) is 16.5. The fourth-order valence-electron chi connectivity index (χ4n) is 3.95. The van der Waals surface area contributed by atoms with Gasteiger partial charge in [-0.05, 0) is 42.0 Å². The summed E-state index contributed by atoms with van der Waals surface area (Å²) >= 11 is 0. The third kappa shape index (κ3) is 4.05. The van der Waals surface area contributed by atoms with Crippen LogP contribution in [-0.2, 0) is 6.42 Å². The van der Waals surface area contributed by atoms with E-state index in [1.54, 1.807) is 12.1 Å². The van der Waals surface area contributed by atoms with Crippen LogP contribution in [0, 0.1) is 22.0 Å². The van der Waals surface area contributed by atoms with Gasteiger partial charge in [-0.1, -0.05) is 36.4 Å². The van der Waals surface area contributed by atoms with Gasteiger partial charge in [-0.15, -0.1) is 4.91 Å². The molecule has 0 spiro atoms. The summed E-state index contributed by atoms with van der Waals surface area (Å²) in [6.07, 6.45) is 9.64. The maximum Gasteiger partial charge on any atom is 0.168 e. The van der Waals surface area contributed by atoms with Crippen molar-refractivity contribution in [2.24, 2.45) is 5.18 Å². The zero-order valence-electron chi connectivity index (χ0n) is 16.5. The molecule has 0 saturated carbocycles. The number of nitrogens with zero attached hydrogens (tertiary/aromatic N) is 2. The third-order valence-corrected chi connectivity index (χ3v) is 5.42. The van der Waals surface area contributed by atoms with Crippen LogP contribution in [0.2, 0.25) is 0 Å². The van der Waals surface area contributed by atoms with Gasteiger partial charge in [0.15, 0.2) is 11.6 Å². The molecule has 1 atom stereocenters. The number of allylic oxidation sites excluding steroid dienone is 4. The van der Waals surface area contributed by atoms with Crippen LogP contribution in [-0.4, -0.2) is 10.7 Å². The molecule has 1 heterocycles. The van der Waals surface area contributed by atoms with Gasteiger partial charge in [-0.3, -0.25) is 0 Å². The smallest absolute Gasteiger partial charge is 0.168 e. The lowest BCUT2D eigenvalue weighted by atomic mass is 9.85. The number of hydrogen-bond donors (Lipinski definition) is 2. The molecule has 5 nitrogen and oxygen atoms in total. The van der Waals surface area contributed by atoms with E-state index in [2.05, 4.69) is 15.5 Å². The molecule has 2 N–H and O–H groups in total. The van der Waals surface area contributed by atoms with E-state index in [1.807, 2.05) is 24.3 Å². The highest BCUT2D eigenvalue weighted by molar-refractivity contribution is 6.01. The van der Waals surface area contributed by atoms with Crippen molar-refractivity contribution in [3.63, 3.8) is 0 Å². The number of nitrogens with one attached hydrogen (secondary N) is 2. The van der Waals surface area contributed by atoms with Gasteiger partial charge in [0.05, 0.1) is 12.2 Å². The van der Waals surface area contributed by atoms with Crippen LogP contribution in [0.25, 0.3) is 6.08 Å². The summed E-state index contributed by atoms with van der Waals surface area (Å²) in [5.74, 6) is -2.64. The van der Waals surface area contributed by atoms with Crippen LogP contribution >= 0.6 is 0 Å². The van der Waals surface area contributed by atoms with Gasteiger partial charge in [0.25, 0.3) is 0 Å². The van der Waals surface area contributed by atoms with E-state index in [9.17, 15) is 18.1 Å². The van der Waals surface area contributed by atoms with Crippen molar-refractivity contribution >= 4 is 23.3 Å². The lowest BCUT2D eigenvalue weighted by molar-refractivity contribution is 0.548. The fourth-order valence-corrected chi connectivity index (χ4v) is 3.95. The Morgan fingerprint density at radius 3 is 2.74 bits per heavy atom. The first-order chi connectivity index (χ1) is 15.0. The average Bonchev–Trinajstić information content (AvgIpc) is 2.99. The van der Waals surface area contributed by atoms with E-state index in [0.717, 1.165) is 11.8 Å². The Morgan fingerprint density at radius 1 is 1.16 bits per heavy atom. The minimum Gasteiger partial charge on any atom is -0.356 e. The molecule has 31 heavy (non-hydrogen) atoms. The van der Waals surface area contributed by atoms with Crippen molar-refractivity contribution in [2.75, 3.05) is 5.32 Å². The van der Waals surface area contributed by atoms with Crippen LogP contribution in [0.3, 0.4) is 0 Å². The Morgan fingerprint density at radius 2 is 2.00 bits per heavy atom. The van der Waals surface area contributed by atoms with Crippen LogP contribution in [0.5, 0.6) is 0 Å². The summed E-state index contributed by atoms with van der Waals surface area (Å²) < 4.78 is 42.6. The van der Waals surface area contributed by atoms with E-state index in [4.69, 9.17) is 5.41 Å². The number of pyridine rings is 1. The number of nitroso groups, excluding NO2 is 1. The van der Waals surface area contributed by atoms with Crippen molar-refractivity contribution in [1.29, 1.82) is 5.41 Å². The average molecular weight is 424 g/mol. The normalized spacial score (nSPS) is 16.7. The van der Waals surface area contributed by atoms with Gasteiger partial charge in [0.1, 0.15) is 17.3 Å². The summed E-state index contributed by atoms with van der Waals surface area (Å²) in [6, 6.07) is 2.97. The minimum atomic E-state index is -1.09. The predicted molar refractivity (Wildman–Crippen MR) is 114 cm³/mol. The molecule has 2 aliphatic rings. The number of fused-ring (bicyclic) bond motifs is 1. The monoisotopic (exact) mass is 424 g/mol. The van der Waals surface area contributed by atoms with Crippen molar-refractivity contribution < 1.29 is 13.2 Å². The molecule has 0 radical (unpaired) electrons. The summed E-state index contributed by atoms with van der Waals surface area (Å²) in [5.41, 5.74) is 1.94. The van der Waals surface area contributed by atoms with Crippen molar-refractivity contribution in [2.45, 2.75) is 31.7 Å². The number of halogens is 3. The van der Waals surface area contributed by atoms with E-state index >= 15 is 0 Å². The molecule has 4 rings (SSSR count). The number of benzene rings is 1. The highest BCUT2D eigenvalue weighted by Crippen LogP contribution is 2.41. The zero-order chi connectivity index (χ0) is 22.0. The van der Waals surface area contributed by atoms with E-state index in [0.29, 0.717) is 36.5 Å². The van der Waals surface area contributed by atoms with Gasteiger partial charge in [0.2, 0.25) is 0 Å². The van der Waals surface area contributed by atoms with E-state index in [-0.39, 0.29) is 29.2 Å². The largest absolute Gasteiger partial charge is 0.356 e. The van der Waals surface area contributed by atoms with Crippen LogP contribution in [0.4, 0.5) is 24.7 Å². The SMILES string of the molecule is N=C1CCCC(F)=C1C(Nc1ncc(F)cc1F)c1ccc2c(c1N=O)CC=CC=C2. The summed E-state index contributed by atoms with van der Waals surface area (Å²) in [6.45, 7) is 0. The number of aromatic nitrogens is 1. The fraction of sp³-hybridized carbons (Fsp3) is 0.217. The van der Waals surface area contributed by atoms with E-state index in [1.165, 1.54) is 0 Å². The van der Waals surface area contributed by atoms with Crippen molar-refractivity contribution in [1.82, 2.24) is 4.98 Å². The Kier molecular flexibility index (Phi) is 5.79. The maximum atomic E-state index is 14.9. The molecule has 1 unspecified atom stereocenters. The minimum absolute atomic E-state index is 0.0290. The first-order valence-electron chi connectivity index (χ1n) is 9.86. The molecule has 0 bridgehead atoms. The topological polar surface area (TPSA) is 78.2 Å². The van der Waals surface area contributed by atoms with Gasteiger partial charge < -0.3 is 10.7 Å². The Labute approximate surface area is 176 Å². The molecule has 0 fully saturated rings. The van der Waals surface area contributed by atoms with Gasteiger partial charge >= 0.3 is 0 Å². The van der Waals surface area contributed by atoms with Crippen molar-refractivity contribution in [3.05, 3.63) is 87.3 Å². The standard InChI is InChI=1S/C23H19F3N4O/c24-14-11-18(26)23(28-12-14)29-22(20-17(25)7-4-8-19(20)27)16-10-9-13-5-2-1-3-6-15(13)21(16)30-31/h1-3,5,9-12,22,27H,4,6-8H2,(H,28,29). The van der Waals surface area contributed by atoms with Gasteiger partial charge in [-0.2, -0.15) is 0 Å². The predicted octanol–water partition coefficient (Wildman–Crippen LogP) is 6.46.